The minimum atomic E-state index is -0.366. The van der Waals surface area contributed by atoms with Crippen molar-refractivity contribution in [3.05, 3.63) is 58.8 Å². The van der Waals surface area contributed by atoms with Gasteiger partial charge < -0.3 is 15.4 Å². The number of nitrogens with zero attached hydrogens (tertiary/aromatic N) is 2. The average Bonchev–Trinajstić information content (AvgIpc) is 2.84. The van der Waals surface area contributed by atoms with E-state index in [-0.39, 0.29) is 24.7 Å². The lowest BCUT2D eigenvalue weighted by Gasteiger charge is -2.09. The van der Waals surface area contributed by atoms with E-state index >= 15 is 0 Å². The number of rotatable bonds is 4. The van der Waals surface area contributed by atoms with Gasteiger partial charge in [0.2, 0.25) is 5.91 Å². The number of hydrogen-bond acceptors (Lipinski definition) is 4. The Morgan fingerprint density at radius 2 is 2.14 bits per heavy atom. The maximum Gasteiger partial charge on any atom is 0.326 e. The molecule has 1 aromatic carbocycles. The fraction of sp³-hybridized carbons (Fsp3) is 0.133. The predicted molar refractivity (Wildman–Crippen MR) is 81.3 cm³/mol. The summed E-state index contributed by atoms with van der Waals surface area (Å²) in [4.78, 5) is 30.7. The second kappa shape index (κ2) is 5.82. The topological polar surface area (TPSA) is 100 Å². The summed E-state index contributed by atoms with van der Waals surface area (Å²) in [5.41, 5.74) is 2.00. The van der Waals surface area contributed by atoms with Crippen LogP contribution in [0.5, 0.6) is 0 Å². The largest absolute Gasteiger partial charge is 0.392 e. The summed E-state index contributed by atoms with van der Waals surface area (Å²) in [6, 6.07) is 8.77. The van der Waals surface area contributed by atoms with Gasteiger partial charge in [-0.2, -0.15) is 0 Å². The number of imidazole rings is 1. The summed E-state index contributed by atoms with van der Waals surface area (Å²) in [6.07, 6.45) is 2.99. The van der Waals surface area contributed by atoms with Crippen LogP contribution in [0.1, 0.15) is 5.56 Å². The summed E-state index contributed by atoms with van der Waals surface area (Å²) in [6.45, 7) is -0.326. The smallest absolute Gasteiger partial charge is 0.326 e. The molecule has 1 amide bonds. The number of nitrogens with one attached hydrogen (secondary N) is 2. The molecule has 3 aromatic rings. The molecule has 0 bridgehead atoms. The molecule has 3 N–H and O–H groups in total. The van der Waals surface area contributed by atoms with Gasteiger partial charge in [-0.15, -0.1) is 0 Å². The average molecular weight is 298 g/mol. The number of aliphatic hydroxyl groups excluding tert-OH is 1. The maximum atomic E-state index is 12.1. The first-order chi connectivity index (χ1) is 10.7. The van der Waals surface area contributed by atoms with E-state index in [0.717, 1.165) is 0 Å². The van der Waals surface area contributed by atoms with Crippen LogP contribution in [-0.4, -0.2) is 25.5 Å². The van der Waals surface area contributed by atoms with Crippen LogP contribution >= 0.6 is 0 Å². The molecule has 7 heteroatoms. The zero-order valence-corrected chi connectivity index (χ0v) is 11.6. The zero-order chi connectivity index (χ0) is 15.5. The van der Waals surface area contributed by atoms with Crippen molar-refractivity contribution in [3.63, 3.8) is 0 Å². The maximum absolute atomic E-state index is 12.1. The highest BCUT2D eigenvalue weighted by Gasteiger charge is 2.11. The quantitative estimate of drug-likeness (QED) is 0.665. The Balaban J connectivity index is 1.85. The lowest BCUT2D eigenvalue weighted by atomic mass is 10.2. The molecular formula is C15H14N4O3. The van der Waals surface area contributed by atoms with E-state index in [2.05, 4.69) is 15.3 Å². The molecule has 3 rings (SSSR count). The predicted octanol–water partition coefficient (Wildman–Crippen LogP) is 0.856. The third-order valence-electron chi connectivity index (χ3n) is 3.34. The first-order valence-electron chi connectivity index (χ1n) is 6.70. The molecule has 0 unspecified atom stereocenters. The summed E-state index contributed by atoms with van der Waals surface area (Å²) in [5, 5.41) is 11.9. The second-order valence-corrected chi connectivity index (χ2v) is 4.77. The van der Waals surface area contributed by atoms with E-state index in [9.17, 15) is 14.7 Å². The molecule has 0 saturated carbocycles. The van der Waals surface area contributed by atoms with Crippen LogP contribution in [0.25, 0.3) is 11.0 Å². The van der Waals surface area contributed by atoms with Gasteiger partial charge in [0, 0.05) is 11.8 Å². The molecule has 0 aliphatic carbocycles. The first kappa shape index (κ1) is 14.0. The van der Waals surface area contributed by atoms with Gasteiger partial charge in [0.25, 0.3) is 0 Å². The van der Waals surface area contributed by atoms with E-state index < -0.39 is 0 Å². The number of carbonyl (C=O) groups is 1. The van der Waals surface area contributed by atoms with Gasteiger partial charge in [-0.3, -0.25) is 14.3 Å². The number of anilines is 1. The molecule has 22 heavy (non-hydrogen) atoms. The van der Waals surface area contributed by atoms with Crippen molar-refractivity contribution in [2.24, 2.45) is 0 Å². The van der Waals surface area contributed by atoms with Crippen LogP contribution in [0, 0.1) is 0 Å². The molecule has 0 saturated heterocycles. The van der Waals surface area contributed by atoms with E-state index in [1.54, 1.807) is 24.3 Å². The van der Waals surface area contributed by atoms with E-state index in [4.69, 9.17) is 0 Å². The van der Waals surface area contributed by atoms with Crippen molar-refractivity contribution in [2.45, 2.75) is 13.2 Å². The highest BCUT2D eigenvalue weighted by atomic mass is 16.3. The number of hydrogen-bond donors (Lipinski definition) is 3. The highest BCUT2D eigenvalue weighted by molar-refractivity contribution is 5.92. The van der Waals surface area contributed by atoms with Crippen molar-refractivity contribution in [2.75, 3.05) is 5.32 Å². The van der Waals surface area contributed by atoms with Crippen LogP contribution < -0.4 is 11.0 Å². The van der Waals surface area contributed by atoms with Crippen molar-refractivity contribution < 1.29 is 9.90 Å². The third-order valence-corrected chi connectivity index (χ3v) is 3.34. The third kappa shape index (κ3) is 2.61. The second-order valence-electron chi connectivity index (χ2n) is 4.77. The molecule has 2 aromatic heterocycles. The van der Waals surface area contributed by atoms with E-state index in [1.807, 2.05) is 6.07 Å². The lowest BCUT2D eigenvalue weighted by molar-refractivity contribution is -0.116. The lowest BCUT2D eigenvalue weighted by Crippen LogP contribution is -2.26. The molecule has 0 fully saturated rings. The van der Waals surface area contributed by atoms with E-state index in [1.165, 1.54) is 17.0 Å². The van der Waals surface area contributed by atoms with Crippen molar-refractivity contribution >= 4 is 22.6 Å². The summed E-state index contributed by atoms with van der Waals surface area (Å²) in [5.74, 6) is -0.366. The Morgan fingerprint density at radius 3 is 2.95 bits per heavy atom. The number of amides is 1. The number of aliphatic hydroxyl groups is 1. The van der Waals surface area contributed by atoms with Gasteiger partial charge in [-0.1, -0.05) is 12.1 Å². The molecule has 0 aliphatic heterocycles. The van der Waals surface area contributed by atoms with Gasteiger partial charge in [0.15, 0.2) is 0 Å². The Hall–Kier alpha value is -2.93. The summed E-state index contributed by atoms with van der Waals surface area (Å²) >= 11 is 0. The number of H-pyrrole nitrogens is 1. The van der Waals surface area contributed by atoms with Crippen LogP contribution in [0.3, 0.4) is 0 Å². The Kier molecular flexibility index (Phi) is 3.71. The summed E-state index contributed by atoms with van der Waals surface area (Å²) < 4.78 is 1.36. The fourth-order valence-electron chi connectivity index (χ4n) is 2.27. The van der Waals surface area contributed by atoms with Crippen LogP contribution in [0.2, 0.25) is 0 Å². The van der Waals surface area contributed by atoms with Gasteiger partial charge in [-0.25, -0.2) is 4.79 Å². The Morgan fingerprint density at radius 1 is 1.32 bits per heavy atom. The zero-order valence-electron chi connectivity index (χ0n) is 11.6. The summed E-state index contributed by atoms with van der Waals surface area (Å²) in [7, 11) is 0. The number of aromatic nitrogens is 3. The van der Waals surface area contributed by atoms with Gasteiger partial charge >= 0.3 is 5.69 Å². The van der Waals surface area contributed by atoms with Gasteiger partial charge in [0.05, 0.1) is 29.5 Å². The minimum absolute atomic E-state index is 0.122. The van der Waals surface area contributed by atoms with Crippen LogP contribution in [-0.2, 0) is 17.9 Å². The normalized spacial score (nSPS) is 10.8. The Labute approximate surface area is 125 Å². The SMILES string of the molecule is O=C(Cn1c(=O)[nH]c2ccccc21)Nc1cnccc1CO. The Bertz CT molecular complexity index is 882. The number of aromatic amines is 1. The molecule has 2 heterocycles. The standard InChI is InChI=1S/C15H14N4O3/c20-9-10-5-6-16-7-12(10)17-14(21)8-19-13-4-2-1-3-11(13)18-15(19)22/h1-7,20H,8-9H2,(H,17,21)(H,18,22). The van der Waals surface area contributed by atoms with Gasteiger partial charge in [-0.05, 0) is 18.2 Å². The highest BCUT2D eigenvalue weighted by Crippen LogP contribution is 2.14. The molecule has 0 atom stereocenters. The number of para-hydroxylation sites is 2. The van der Waals surface area contributed by atoms with Crippen molar-refractivity contribution in [1.82, 2.24) is 14.5 Å². The van der Waals surface area contributed by atoms with Crippen molar-refractivity contribution in [3.8, 4) is 0 Å². The van der Waals surface area contributed by atoms with Gasteiger partial charge in [0.1, 0.15) is 6.54 Å². The van der Waals surface area contributed by atoms with Crippen LogP contribution in [0.4, 0.5) is 5.69 Å². The monoisotopic (exact) mass is 298 g/mol. The first-order valence-corrected chi connectivity index (χ1v) is 6.70. The van der Waals surface area contributed by atoms with Crippen molar-refractivity contribution in [1.29, 1.82) is 0 Å². The molecule has 0 spiro atoms. The molecular weight excluding hydrogens is 284 g/mol. The molecule has 7 nitrogen and oxygen atoms in total. The van der Waals surface area contributed by atoms with E-state index in [0.29, 0.717) is 22.3 Å². The fourth-order valence-corrected chi connectivity index (χ4v) is 2.27. The molecule has 0 radical (unpaired) electrons. The number of fused-ring (bicyclic) bond motifs is 1. The molecule has 112 valence electrons. The number of pyridine rings is 1. The minimum Gasteiger partial charge on any atom is -0.392 e. The van der Waals surface area contributed by atoms with Crippen LogP contribution in [0.15, 0.2) is 47.5 Å². The number of carbonyl (C=O) groups excluding carboxylic acids is 1. The molecule has 0 aliphatic rings. The number of benzene rings is 1.